The van der Waals surface area contributed by atoms with Crippen molar-refractivity contribution < 1.29 is 4.74 Å². The number of fused-ring (bicyclic) bond motifs is 1. The van der Waals surface area contributed by atoms with E-state index in [4.69, 9.17) is 21.9 Å². The zero-order valence-corrected chi connectivity index (χ0v) is 21.5. The summed E-state index contributed by atoms with van der Waals surface area (Å²) in [7, 11) is 0. The minimum atomic E-state index is -0.276. The van der Waals surface area contributed by atoms with Crippen molar-refractivity contribution in [3.8, 4) is 6.07 Å². The van der Waals surface area contributed by atoms with E-state index in [-0.39, 0.29) is 5.60 Å². The molecule has 0 atom stereocenters. The van der Waals surface area contributed by atoms with Crippen LogP contribution in [-0.2, 0) is 30.7 Å². The second-order valence-corrected chi connectivity index (χ2v) is 10.7. The number of nitrogens with zero attached hydrogens (tertiary/aromatic N) is 4. The summed E-state index contributed by atoms with van der Waals surface area (Å²) in [6.45, 7) is 13.1. The smallest absolute Gasteiger partial charge is 0.169 e. The van der Waals surface area contributed by atoms with Gasteiger partial charge in [-0.25, -0.2) is 4.98 Å². The van der Waals surface area contributed by atoms with Gasteiger partial charge in [-0.2, -0.15) is 5.26 Å². The third-order valence-corrected chi connectivity index (χ3v) is 6.96. The molecule has 0 spiro atoms. The second kappa shape index (κ2) is 10.3. The quantitative estimate of drug-likeness (QED) is 0.648. The van der Waals surface area contributed by atoms with Gasteiger partial charge in [-0.05, 0) is 49.5 Å². The molecule has 3 heterocycles. The summed E-state index contributed by atoms with van der Waals surface area (Å²) >= 11 is 5.66. The Hall–Kier alpha value is -2.69. The normalized spacial score (nSPS) is 17.3. The average molecular weight is 478 g/mol. The zero-order chi connectivity index (χ0) is 24.3. The lowest BCUT2D eigenvalue weighted by atomic mass is 9.86. The van der Waals surface area contributed by atoms with E-state index in [1.54, 1.807) is 0 Å². The van der Waals surface area contributed by atoms with Gasteiger partial charge in [-0.1, -0.05) is 44.2 Å². The monoisotopic (exact) mass is 477 g/mol. The number of pyridine rings is 1. The molecule has 34 heavy (non-hydrogen) atoms. The van der Waals surface area contributed by atoms with Crippen LogP contribution in [0.2, 0.25) is 0 Å². The summed E-state index contributed by atoms with van der Waals surface area (Å²) < 4.78 is 6.10. The van der Waals surface area contributed by atoms with E-state index < -0.39 is 0 Å². The molecule has 7 heteroatoms. The topological polar surface area (TPSA) is 64.4 Å². The minimum Gasteiger partial charge on any atom is -0.370 e. The van der Waals surface area contributed by atoms with Crippen molar-refractivity contribution in [2.45, 2.75) is 59.3 Å². The molecule has 1 fully saturated rings. The van der Waals surface area contributed by atoms with E-state index in [1.807, 2.05) is 18.2 Å². The number of piperazine rings is 1. The van der Waals surface area contributed by atoms with Crippen molar-refractivity contribution in [2.24, 2.45) is 5.92 Å². The SMILES string of the molecule is CC(C)Cc1nc(N2CCN(C(=S)NCc3ccccc3)CC2)c(C#N)c2c1COC(C)(C)C2. The number of rotatable bonds is 5. The van der Waals surface area contributed by atoms with Gasteiger partial charge in [0.15, 0.2) is 5.11 Å². The molecule has 6 nitrogen and oxygen atoms in total. The summed E-state index contributed by atoms with van der Waals surface area (Å²) in [4.78, 5) is 9.55. The molecular formula is C27H35N5OS. The number of anilines is 1. The first-order valence-corrected chi connectivity index (χ1v) is 12.6. The van der Waals surface area contributed by atoms with Gasteiger partial charge < -0.3 is 19.9 Å². The fourth-order valence-corrected chi connectivity index (χ4v) is 4.98. The van der Waals surface area contributed by atoms with Gasteiger partial charge in [0.05, 0.1) is 17.8 Å². The summed E-state index contributed by atoms with van der Waals surface area (Å²) in [5.41, 5.74) is 4.99. The number of hydrogen-bond donors (Lipinski definition) is 1. The Balaban J connectivity index is 1.51. The van der Waals surface area contributed by atoms with Crippen LogP contribution in [0.15, 0.2) is 30.3 Å². The number of aromatic nitrogens is 1. The van der Waals surface area contributed by atoms with Crippen molar-refractivity contribution >= 4 is 23.1 Å². The molecule has 180 valence electrons. The van der Waals surface area contributed by atoms with Crippen molar-refractivity contribution in [1.82, 2.24) is 15.2 Å². The van der Waals surface area contributed by atoms with Crippen LogP contribution in [0.4, 0.5) is 5.82 Å². The van der Waals surface area contributed by atoms with Gasteiger partial charge in [0.2, 0.25) is 0 Å². The first-order chi connectivity index (χ1) is 16.3. The maximum absolute atomic E-state index is 10.2. The Morgan fingerprint density at radius 1 is 1.18 bits per heavy atom. The Bertz CT molecular complexity index is 1070. The van der Waals surface area contributed by atoms with Crippen molar-refractivity contribution in [1.29, 1.82) is 5.26 Å². The minimum absolute atomic E-state index is 0.276. The van der Waals surface area contributed by atoms with Crippen LogP contribution < -0.4 is 10.2 Å². The number of thiocarbonyl (C=S) groups is 1. The van der Waals surface area contributed by atoms with Gasteiger partial charge in [0, 0.05) is 50.4 Å². The van der Waals surface area contributed by atoms with E-state index in [9.17, 15) is 5.26 Å². The Labute approximate surface area is 208 Å². The van der Waals surface area contributed by atoms with Crippen LogP contribution in [0.25, 0.3) is 0 Å². The molecule has 2 aliphatic heterocycles. The summed E-state index contributed by atoms with van der Waals surface area (Å²) in [6, 6.07) is 12.8. The number of hydrogen-bond acceptors (Lipinski definition) is 5. The first kappa shape index (κ1) is 24.4. The lowest BCUT2D eigenvalue weighted by molar-refractivity contribution is -0.0407. The Kier molecular flexibility index (Phi) is 7.39. The summed E-state index contributed by atoms with van der Waals surface area (Å²) in [6.07, 6.45) is 1.62. The number of ether oxygens (including phenoxy) is 1. The summed E-state index contributed by atoms with van der Waals surface area (Å²) in [5.74, 6) is 1.31. The van der Waals surface area contributed by atoms with Crippen LogP contribution in [-0.4, -0.2) is 46.8 Å². The molecule has 0 unspecified atom stereocenters. The molecular weight excluding hydrogens is 442 g/mol. The van der Waals surface area contributed by atoms with E-state index >= 15 is 0 Å². The van der Waals surface area contributed by atoms with Gasteiger partial charge in [0.25, 0.3) is 0 Å². The third-order valence-electron chi connectivity index (χ3n) is 6.55. The van der Waals surface area contributed by atoms with Gasteiger partial charge >= 0.3 is 0 Å². The van der Waals surface area contributed by atoms with E-state index in [0.29, 0.717) is 12.5 Å². The maximum Gasteiger partial charge on any atom is 0.169 e. The number of nitriles is 1. The van der Waals surface area contributed by atoms with Crippen molar-refractivity contribution in [2.75, 3.05) is 31.1 Å². The molecule has 0 aliphatic carbocycles. The van der Waals surface area contributed by atoms with Gasteiger partial charge in [0.1, 0.15) is 11.9 Å². The highest BCUT2D eigenvalue weighted by molar-refractivity contribution is 7.80. The van der Waals surface area contributed by atoms with Crippen LogP contribution >= 0.6 is 12.2 Å². The molecule has 4 rings (SSSR count). The highest BCUT2D eigenvalue weighted by Crippen LogP contribution is 2.36. The van der Waals surface area contributed by atoms with E-state index in [1.165, 1.54) is 5.56 Å². The molecule has 1 aromatic carbocycles. The van der Waals surface area contributed by atoms with Gasteiger partial charge in [-0.3, -0.25) is 0 Å². The molecule has 0 saturated carbocycles. The molecule has 0 radical (unpaired) electrons. The van der Waals surface area contributed by atoms with Crippen LogP contribution in [0.1, 0.15) is 55.6 Å². The molecule has 1 saturated heterocycles. The van der Waals surface area contributed by atoms with Crippen LogP contribution in [0.5, 0.6) is 0 Å². The summed E-state index contributed by atoms with van der Waals surface area (Å²) in [5, 5.41) is 14.3. The Morgan fingerprint density at radius 3 is 2.53 bits per heavy atom. The molecule has 1 N–H and O–H groups in total. The fourth-order valence-electron chi connectivity index (χ4n) is 4.73. The highest BCUT2D eigenvalue weighted by atomic mass is 32.1. The lowest BCUT2D eigenvalue weighted by Gasteiger charge is -2.39. The maximum atomic E-state index is 10.2. The number of benzene rings is 1. The third kappa shape index (κ3) is 5.51. The predicted molar refractivity (Wildman–Crippen MR) is 140 cm³/mol. The Morgan fingerprint density at radius 2 is 1.88 bits per heavy atom. The van der Waals surface area contributed by atoms with Crippen LogP contribution in [0, 0.1) is 17.2 Å². The molecule has 0 bridgehead atoms. The molecule has 0 amide bonds. The fraction of sp³-hybridized carbons (Fsp3) is 0.519. The van der Waals surface area contributed by atoms with Gasteiger partial charge in [-0.15, -0.1) is 0 Å². The van der Waals surface area contributed by atoms with E-state index in [2.05, 4.69) is 61.0 Å². The zero-order valence-electron chi connectivity index (χ0n) is 20.7. The number of nitrogens with one attached hydrogen (secondary N) is 1. The largest absolute Gasteiger partial charge is 0.370 e. The van der Waals surface area contributed by atoms with Crippen LogP contribution in [0.3, 0.4) is 0 Å². The molecule has 2 aliphatic rings. The van der Waals surface area contributed by atoms with Crippen molar-refractivity contribution in [3.63, 3.8) is 0 Å². The highest BCUT2D eigenvalue weighted by Gasteiger charge is 2.33. The first-order valence-electron chi connectivity index (χ1n) is 12.2. The average Bonchev–Trinajstić information content (AvgIpc) is 2.82. The second-order valence-electron chi connectivity index (χ2n) is 10.3. The van der Waals surface area contributed by atoms with Crippen molar-refractivity contribution in [3.05, 3.63) is 58.3 Å². The predicted octanol–water partition coefficient (Wildman–Crippen LogP) is 4.20. The van der Waals surface area contributed by atoms with E-state index in [0.717, 1.165) is 78.9 Å². The lowest BCUT2D eigenvalue weighted by Crippen LogP contribution is -2.52. The molecule has 1 aromatic heterocycles. The standard InChI is InChI=1S/C27H35N5OS/c1-19(2)14-24-23-18-33-27(3,4)15-21(23)22(16-28)25(30-24)31-10-12-32(13-11-31)26(34)29-17-20-8-6-5-7-9-20/h5-9,19H,10-15,17-18H2,1-4H3,(H,29,34). The molecule has 2 aromatic rings.